The van der Waals surface area contributed by atoms with E-state index in [1.807, 2.05) is 44.2 Å². The largest absolute Gasteiger partial charge is 0.507 e. The molecule has 1 aliphatic heterocycles. The molecule has 0 bridgehead atoms. The lowest BCUT2D eigenvalue weighted by atomic mass is 9.99. The first-order valence-corrected chi connectivity index (χ1v) is 11.2. The fraction of sp³-hybridized carbons (Fsp3) is 0.160. The number of Topliss-reactive ketones (excluding diaryl/α,β-unsaturated/α-hetero) is 1. The number of aryl methyl sites for hydroxylation is 1. The molecule has 5 rings (SSSR count). The number of furan rings is 1. The second kappa shape index (κ2) is 8.22. The van der Waals surface area contributed by atoms with Crippen LogP contribution < -0.4 is 9.64 Å². The summed E-state index contributed by atoms with van der Waals surface area (Å²) in [4.78, 5) is 32.2. The summed E-state index contributed by atoms with van der Waals surface area (Å²) in [5, 5.41) is 11.4. The fourth-order valence-electron chi connectivity index (χ4n) is 3.87. The molecular weight excluding hydrogens is 440 g/mol. The van der Waals surface area contributed by atoms with Crippen LogP contribution in [0.15, 0.2) is 70.9 Å². The molecule has 1 atom stereocenters. The Morgan fingerprint density at radius 1 is 1.18 bits per heavy atom. The number of hydrogen-bond acceptors (Lipinski definition) is 7. The Kier molecular flexibility index (Phi) is 5.22. The maximum absolute atomic E-state index is 13.2. The van der Waals surface area contributed by atoms with Gasteiger partial charge in [0.15, 0.2) is 5.13 Å². The molecule has 0 spiro atoms. The van der Waals surface area contributed by atoms with Gasteiger partial charge in [-0.3, -0.25) is 14.5 Å². The highest BCUT2D eigenvalue weighted by atomic mass is 32.1. The molecule has 1 N–H and O–H groups in total. The number of rotatable bonds is 5. The van der Waals surface area contributed by atoms with Crippen molar-refractivity contribution in [3.8, 4) is 5.75 Å². The van der Waals surface area contributed by atoms with Crippen molar-refractivity contribution in [3.05, 3.63) is 83.3 Å². The van der Waals surface area contributed by atoms with Gasteiger partial charge in [-0.15, -0.1) is 0 Å². The van der Waals surface area contributed by atoms with Crippen molar-refractivity contribution >= 4 is 44.1 Å². The average Bonchev–Trinajstić information content (AvgIpc) is 3.53. The van der Waals surface area contributed by atoms with Crippen LogP contribution in [0.4, 0.5) is 5.13 Å². The van der Waals surface area contributed by atoms with E-state index in [0.29, 0.717) is 34.3 Å². The molecule has 1 amide bonds. The van der Waals surface area contributed by atoms with Crippen LogP contribution in [0, 0.1) is 6.92 Å². The van der Waals surface area contributed by atoms with Crippen LogP contribution in [-0.4, -0.2) is 28.4 Å². The average molecular weight is 461 g/mol. The van der Waals surface area contributed by atoms with Crippen molar-refractivity contribution in [2.24, 2.45) is 0 Å². The van der Waals surface area contributed by atoms with Crippen molar-refractivity contribution in [1.82, 2.24) is 4.98 Å². The number of carbonyl (C=O) groups excluding carboxylic acids is 2. The van der Waals surface area contributed by atoms with Crippen molar-refractivity contribution in [3.63, 3.8) is 0 Å². The molecule has 4 aromatic rings. The lowest BCUT2D eigenvalue weighted by Gasteiger charge is -2.20. The minimum absolute atomic E-state index is 0.0342. The van der Waals surface area contributed by atoms with Gasteiger partial charge in [0.25, 0.3) is 5.78 Å². The Hall–Kier alpha value is -3.91. The van der Waals surface area contributed by atoms with E-state index in [9.17, 15) is 14.7 Å². The van der Waals surface area contributed by atoms with E-state index in [0.717, 1.165) is 10.3 Å². The summed E-state index contributed by atoms with van der Waals surface area (Å²) in [6.45, 7) is 4.36. The van der Waals surface area contributed by atoms with Gasteiger partial charge in [0.1, 0.15) is 23.3 Å². The molecule has 3 heterocycles. The predicted octanol–water partition coefficient (Wildman–Crippen LogP) is 5.22. The number of ether oxygens (including phenoxy) is 1. The third-order valence-corrected chi connectivity index (χ3v) is 6.47. The highest BCUT2D eigenvalue weighted by Gasteiger charge is 2.49. The highest BCUT2D eigenvalue weighted by Crippen LogP contribution is 2.44. The zero-order valence-electron chi connectivity index (χ0n) is 17.9. The summed E-state index contributed by atoms with van der Waals surface area (Å²) in [5.74, 6) is -0.754. The molecule has 2 aromatic heterocycles. The number of ketones is 1. The van der Waals surface area contributed by atoms with Gasteiger partial charge in [0.05, 0.1) is 28.7 Å². The van der Waals surface area contributed by atoms with Crippen LogP contribution in [0.3, 0.4) is 0 Å². The predicted molar refractivity (Wildman–Crippen MR) is 125 cm³/mol. The molecule has 1 saturated heterocycles. The van der Waals surface area contributed by atoms with Crippen LogP contribution >= 0.6 is 11.3 Å². The number of amides is 1. The number of anilines is 1. The SMILES string of the molecule is CCOc1ccc2nc(N3C(=O)C(=O)C(=C(O)c4ccc(C)cc4)C3c3ccco3)sc2c1. The second-order valence-corrected chi connectivity index (χ2v) is 8.62. The van der Waals surface area contributed by atoms with Gasteiger partial charge >= 0.3 is 5.91 Å². The minimum Gasteiger partial charge on any atom is -0.507 e. The third-order valence-electron chi connectivity index (χ3n) is 5.45. The molecule has 166 valence electrons. The smallest absolute Gasteiger partial charge is 0.302 e. The van der Waals surface area contributed by atoms with Crippen molar-refractivity contribution < 1.29 is 23.8 Å². The number of aliphatic hydroxyl groups is 1. The Labute approximate surface area is 193 Å². The minimum atomic E-state index is -0.937. The normalized spacial score (nSPS) is 17.8. The van der Waals surface area contributed by atoms with Gasteiger partial charge in [-0.25, -0.2) is 4.98 Å². The molecule has 0 aliphatic carbocycles. The van der Waals surface area contributed by atoms with Crippen LogP contribution in [0.25, 0.3) is 16.0 Å². The van der Waals surface area contributed by atoms with Crippen molar-refractivity contribution in [2.45, 2.75) is 19.9 Å². The lowest BCUT2D eigenvalue weighted by Crippen LogP contribution is -2.29. The number of benzene rings is 2. The summed E-state index contributed by atoms with van der Waals surface area (Å²) in [6, 6.07) is 15.0. The maximum atomic E-state index is 13.2. The number of hydrogen-bond donors (Lipinski definition) is 1. The summed E-state index contributed by atoms with van der Waals surface area (Å²) in [5.41, 5.74) is 2.10. The standard InChI is InChI=1S/C25H20N2O5S/c1-3-31-16-10-11-17-19(13-16)33-25(26-17)27-21(18-5-4-12-32-18)20(23(29)24(27)30)22(28)15-8-6-14(2)7-9-15/h4-13,21,28H,3H2,1-2H3. The number of nitrogens with zero attached hydrogens (tertiary/aromatic N) is 2. The van der Waals surface area contributed by atoms with E-state index in [4.69, 9.17) is 9.15 Å². The Morgan fingerprint density at radius 2 is 1.97 bits per heavy atom. The zero-order valence-corrected chi connectivity index (χ0v) is 18.8. The first-order valence-electron chi connectivity index (χ1n) is 10.4. The Balaban J connectivity index is 1.66. The maximum Gasteiger partial charge on any atom is 0.302 e. The third kappa shape index (κ3) is 3.58. The van der Waals surface area contributed by atoms with E-state index in [1.54, 1.807) is 24.3 Å². The van der Waals surface area contributed by atoms with Crippen molar-refractivity contribution in [1.29, 1.82) is 0 Å². The van der Waals surface area contributed by atoms with Crippen molar-refractivity contribution in [2.75, 3.05) is 11.5 Å². The molecule has 33 heavy (non-hydrogen) atoms. The molecule has 1 fully saturated rings. The number of aliphatic hydroxyl groups excluding tert-OH is 1. The molecule has 7 nitrogen and oxygen atoms in total. The lowest BCUT2D eigenvalue weighted by molar-refractivity contribution is -0.132. The van der Waals surface area contributed by atoms with Crippen LogP contribution in [0.1, 0.15) is 29.9 Å². The summed E-state index contributed by atoms with van der Waals surface area (Å²) < 4.78 is 12.0. The molecule has 8 heteroatoms. The topological polar surface area (TPSA) is 92.9 Å². The summed E-state index contributed by atoms with van der Waals surface area (Å²) >= 11 is 1.27. The van der Waals surface area contributed by atoms with E-state index in [2.05, 4.69) is 4.98 Å². The number of carbonyl (C=O) groups is 2. The molecule has 0 radical (unpaired) electrons. The van der Waals surface area contributed by atoms with E-state index >= 15 is 0 Å². The van der Waals surface area contributed by atoms with Gasteiger partial charge in [-0.1, -0.05) is 41.2 Å². The summed E-state index contributed by atoms with van der Waals surface area (Å²) in [6.07, 6.45) is 1.47. The molecule has 1 aliphatic rings. The van der Waals surface area contributed by atoms with Crippen LogP contribution in [0.5, 0.6) is 5.75 Å². The molecule has 0 saturated carbocycles. The van der Waals surface area contributed by atoms with Crippen LogP contribution in [-0.2, 0) is 9.59 Å². The van der Waals surface area contributed by atoms with Gasteiger partial charge in [0.2, 0.25) is 0 Å². The Morgan fingerprint density at radius 3 is 2.67 bits per heavy atom. The van der Waals surface area contributed by atoms with E-state index < -0.39 is 17.7 Å². The van der Waals surface area contributed by atoms with E-state index in [1.165, 1.54) is 22.5 Å². The fourth-order valence-corrected chi connectivity index (χ4v) is 4.89. The van der Waals surface area contributed by atoms with Gasteiger partial charge in [0, 0.05) is 5.56 Å². The quantitative estimate of drug-likeness (QED) is 0.249. The highest BCUT2D eigenvalue weighted by molar-refractivity contribution is 7.22. The molecule has 2 aromatic carbocycles. The second-order valence-electron chi connectivity index (χ2n) is 7.61. The van der Waals surface area contributed by atoms with E-state index in [-0.39, 0.29) is 11.3 Å². The number of fused-ring (bicyclic) bond motifs is 1. The Bertz CT molecular complexity index is 1390. The monoisotopic (exact) mass is 460 g/mol. The number of thiazole rings is 1. The molecule has 1 unspecified atom stereocenters. The number of aromatic nitrogens is 1. The van der Waals surface area contributed by atoms with Gasteiger partial charge < -0.3 is 14.3 Å². The first-order chi connectivity index (χ1) is 16.0. The van der Waals surface area contributed by atoms with Crippen LogP contribution in [0.2, 0.25) is 0 Å². The zero-order chi connectivity index (χ0) is 23.1. The summed E-state index contributed by atoms with van der Waals surface area (Å²) in [7, 11) is 0. The molecular formula is C25H20N2O5S. The van der Waals surface area contributed by atoms with Gasteiger partial charge in [-0.2, -0.15) is 0 Å². The first kappa shape index (κ1) is 21.0. The van der Waals surface area contributed by atoms with Gasteiger partial charge in [-0.05, 0) is 44.2 Å².